The highest BCUT2D eigenvalue weighted by molar-refractivity contribution is 7.88. The van der Waals surface area contributed by atoms with E-state index < -0.39 is 10.0 Å². The maximum absolute atomic E-state index is 12.7. The standard InChI is InChI=1S/C18H25N3O4S/c1-4-17(22)19-13-14-5-7-15(8-6-14)18(23)20(2)16-9-11-21(12-10-16)26(3,24)25/h4-8,16H,1,9-13H2,2-3H3,(H,19,22). The SMILES string of the molecule is C=CC(=O)NCc1ccc(C(=O)N(C)C2CCN(S(C)(=O)=O)CC2)cc1. The summed E-state index contributed by atoms with van der Waals surface area (Å²) in [6.45, 7) is 4.63. The smallest absolute Gasteiger partial charge is 0.253 e. The van der Waals surface area contributed by atoms with Crippen molar-refractivity contribution in [3.05, 3.63) is 48.0 Å². The first-order chi connectivity index (χ1) is 12.2. The summed E-state index contributed by atoms with van der Waals surface area (Å²) in [4.78, 5) is 25.5. The minimum Gasteiger partial charge on any atom is -0.348 e. The Kier molecular flexibility index (Phi) is 6.55. The first kappa shape index (κ1) is 20.1. The van der Waals surface area contributed by atoms with Gasteiger partial charge in [-0.1, -0.05) is 18.7 Å². The Balaban J connectivity index is 1.94. The lowest BCUT2D eigenvalue weighted by atomic mass is 10.0. The molecule has 1 N–H and O–H groups in total. The normalized spacial score (nSPS) is 16.1. The Morgan fingerprint density at radius 3 is 2.35 bits per heavy atom. The Labute approximate surface area is 154 Å². The average Bonchev–Trinajstić information content (AvgIpc) is 2.64. The van der Waals surface area contributed by atoms with Gasteiger partial charge in [0.1, 0.15) is 0 Å². The monoisotopic (exact) mass is 379 g/mol. The molecule has 0 radical (unpaired) electrons. The molecule has 1 heterocycles. The van der Waals surface area contributed by atoms with E-state index in [0.717, 1.165) is 5.56 Å². The highest BCUT2D eigenvalue weighted by atomic mass is 32.2. The Morgan fingerprint density at radius 1 is 1.27 bits per heavy atom. The zero-order valence-electron chi connectivity index (χ0n) is 15.1. The molecule has 8 heteroatoms. The van der Waals surface area contributed by atoms with Crippen LogP contribution in [0.15, 0.2) is 36.9 Å². The number of hydrogen-bond acceptors (Lipinski definition) is 4. The number of nitrogens with one attached hydrogen (secondary N) is 1. The lowest BCUT2D eigenvalue weighted by Gasteiger charge is -2.35. The van der Waals surface area contributed by atoms with Gasteiger partial charge in [0.2, 0.25) is 15.9 Å². The zero-order chi connectivity index (χ0) is 19.3. The summed E-state index contributed by atoms with van der Waals surface area (Å²) >= 11 is 0. The van der Waals surface area contributed by atoms with E-state index >= 15 is 0 Å². The first-order valence-electron chi connectivity index (χ1n) is 8.44. The molecule has 2 amide bonds. The van der Waals surface area contributed by atoms with Gasteiger partial charge in [-0.3, -0.25) is 9.59 Å². The lowest BCUT2D eigenvalue weighted by Crippen LogP contribution is -2.47. The van der Waals surface area contributed by atoms with E-state index in [0.29, 0.717) is 38.0 Å². The maximum atomic E-state index is 12.7. The molecule has 0 atom stereocenters. The summed E-state index contributed by atoms with van der Waals surface area (Å²) in [5.74, 6) is -0.338. The third-order valence-electron chi connectivity index (χ3n) is 4.61. The molecule has 1 aromatic rings. The summed E-state index contributed by atoms with van der Waals surface area (Å²) < 4.78 is 24.6. The third-order valence-corrected chi connectivity index (χ3v) is 5.92. The zero-order valence-corrected chi connectivity index (χ0v) is 16.0. The van der Waals surface area contributed by atoms with Gasteiger partial charge in [0.25, 0.3) is 5.91 Å². The van der Waals surface area contributed by atoms with E-state index in [1.165, 1.54) is 16.6 Å². The highest BCUT2D eigenvalue weighted by Gasteiger charge is 2.29. The van der Waals surface area contributed by atoms with Gasteiger partial charge in [0.05, 0.1) is 6.26 Å². The molecule has 0 aliphatic carbocycles. The van der Waals surface area contributed by atoms with Gasteiger partial charge in [0.15, 0.2) is 0 Å². The van der Waals surface area contributed by atoms with Crippen LogP contribution in [0, 0.1) is 0 Å². The van der Waals surface area contributed by atoms with Crippen molar-refractivity contribution in [2.24, 2.45) is 0 Å². The fraction of sp³-hybridized carbons (Fsp3) is 0.444. The minimum atomic E-state index is -3.17. The van der Waals surface area contributed by atoms with E-state index in [-0.39, 0.29) is 17.9 Å². The molecule has 7 nitrogen and oxygen atoms in total. The van der Waals surface area contributed by atoms with E-state index in [4.69, 9.17) is 0 Å². The predicted molar refractivity (Wildman–Crippen MR) is 100 cm³/mol. The van der Waals surface area contributed by atoms with Crippen molar-refractivity contribution >= 4 is 21.8 Å². The third kappa shape index (κ3) is 5.15. The van der Waals surface area contributed by atoms with Gasteiger partial charge in [-0.15, -0.1) is 0 Å². The molecule has 0 aromatic heterocycles. The average molecular weight is 379 g/mol. The molecular weight excluding hydrogens is 354 g/mol. The van der Waals surface area contributed by atoms with E-state index in [9.17, 15) is 18.0 Å². The number of amides is 2. The van der Waals surface area contributed by atoms with Crippen LogP contribution >= 0.6 is 0 Å². The summed E-state index contributed by atoms with van der Waals surface area (Å²) in [5, 5.41) is 2.68. The van der Waals surface area contributed by atoms with E-state index in [1.807, 2.05) is 0 Å². The molecule has 0 spiro atoms. The highest BCUT2D eigenvalue weighted by Crippen LogP contribution is 2.19. The van der Waals surface area contributed by atoms with E-state index in [1.54, 1.807) is 36.2 Å². The maximum Gasteiger partial charge on any atom is 0.253 e. The molecule has 0 saturated carbocycles. The van der Waals surface area contributed by atoms with Crippen molar-refractivity contribution in [2.75, 3.05) is 26.4 Å². The first-order valence-corrected chi connectivity index (χ1v) is 10.3. The molecule has 142 valence electrons. The number of piperidine rings is 1. The van der Waals surface area contributed by atoms with Gasteiger partial charge in [-0.25, -0.2) is 12.7 Å². The fourth-order valence-corrected chi connectivity index (χ4v) is 3.83. The topological polar surface area (TPSA) is 86.8 Å². The largest absolute Gasteiger partial charge is 0.348 e. The second kappa shape index (κ2) is 8.46. The molecule has 26 heavy (non-hydrogen) atoms. The van der Waals surface area contributed by atoms with Gasteiger partial charge in [-0.2, -0.15) is 0 Å². The Morgan fingerprint density at radius 2 is 1.85 bits per heavy atom. The molecule has 1 aliphatic rings. The summed E-state index contributed by atoms with van der Waals surface area (Å²) in [6.07, 6.45) is 3.67. The number of hydrogen-bond donors (Lipinski definition) is 1. The predicted octanol–water partition coefficient (Wildman–Crippen LogP) is 0.985. The molecule has 1 fully saturated rings. The number of rotatable bonds is 6. The van der Waals surface area contributed by atoms with Crippen LogP contribution < -0.4 is 5.32 Å². The van der Waals surface area contributed by atoms with Crippen LogP contribution in [0.3, 0.4) is 0 Å². The van der Waals surface area contributed by atoms with Gasteiger partial charge in [0, 0.05) is 38.3 Å². The van der Waals surface area contributed by atoms with Crippen molar-refractivity contribution in [1.29, 1.82) is 0 Å². The van der Waals surface area contributed by atoms with Gasteiger partial charge in [-0.05, 0) is 36.6 Å². The van der Waals surface area contributed by atoms with Crippen molar-refractivity contribution in [2.45, 2.75) is 25.4 Å². The van der Waals surface area contributed by atoms with Crippen LogP contribution in [0.5, 0.6) is 0 Å². The Bertz CT molecular complexity index is 766. The van der Waals surface area contributed by atoms with Gasteiger partial charge >= 0.3 is 0 Å². The second-order valence-corrected chi connectivity index (χ2v) is 8.41. The molecule has 0 unspecified atom stereocenters. The lowest BCUT2D eigenvalue weighted by molar-refractivity contribution is -0.116. The Hall–Kier alpha value is -2.19. The van der Waals surface area contributed by atoms with Gasteiger partial charge < -0.3 is 10.2 Å². The number of sulfonamides is 1. The summed E-state index contributed by atoms with van der Waals surface area (Å²) in [6, 6.07) is 7.10. The number of nitrogens with zero attached hydrogens (tertiary/aromatic N) is 2. The number of benzene rings is 1. The molecule has 1 saturated heterocycles. The quantitative estimate of drug-likeness (QED) is 0.747. The van der Waals surface area contributed by atoms with Crippen LogP contribution in [-0.2, 0) is 21.4 Å². The molecule has 2 rings (SSSR count). The molecule has 1 aromatic carbocycles. The summed E-state index contributed by atoms with van der Waals surface area (Å²) in [7, 11) is -1.42. The minimum absolute atomic E-state index is 0.0204. The van der Waals surface area contributed by atoms with Crippen LogP contribution in [-0.4, -0.2) is 61.9 Å². The second-order valence-electron chi connectivity index (χ2n) is 6.43. The summed E-state index contributed by atoms with van der Waals surface area (Å²) in [5.41, 5.74) is 1.46. The number of carbonyl (C=O) groups excluding carboxylic acids is 2. The molecular formula is C18H25N3O4S. The van der Waals surface area contributed by atoms with Crippen LogP contribution in [0.25, 0.3) is 0 Å². The van der Waals surface area contributed by atoms with Crippen LogP contribution in [0.4, 0.5) is 0 Å². The van der Waals surface area contributed by atoms with Crippen molar-refractivity contribution in [1.82, 2.24) is 14.5 Å². The molecule has 0 bridgehead atoms. The number of carbonyl (C=O) groups is 2. The fourth-order valence-electron chi connectivity index (χ4n) is 2.96. The van der Waals surface area contributed by atoms with Crippen LogP contribution in [0.1, 0.15) is 28.8 Å². The molecule has 1 aliphatic heterocycles. The van der Waals surface area contributed by atoms with Crippen molar-refractivity contribution < 1.29 is 18.0 Å². The van der Waals surface area contributed by atoms with Crippen LogP contribution in [0.2, 0.25) is 0 Å². The van der Waals surface area contributed by atoms with E-state index in [2.05, 4.69) is 11.9 Å². The van der Waals surface area contributed by atoms with Crippen molar-refractivity contribution in [3.8, 4) is 0 Å². The van der Waals surface area contributed by atoms with Crippen molar-refractivity contribution in [3.63, 3.8) is 0 Å².